The van der Waals surface area contributed by atoms with Gasteiger partial charge in [0.2, 0.25) is 5.76 Å². The van der Waals surface area contributed by atoms with Gasteiger partial charge < -0.3 is 13.9 Å². The number of hydrogen-bond acceptors (Lipinski definition) is 5. The van der Waals surface area contributed by atoms with E-state index >= 15 is 0 Å². The number of nitrogens with zero attached hydrogens (tertiary/aromatic N) is 1. The maximum Gasteiger partial charge on any atom is 0.295 e. The second-order valence-electron chi connectivity index (χ2n) is 7.68. The Balaban J connectivity index is 1.73. The fraction of sp³-hybridized carbons (Fsp3) is 0.185. The van der Waals surface area contributed by atoms with Crippen molar-refractivity contribution in [3.8, 4) is 11.5 Å². The summed E-state index contributed by atoms with van der Waals surface area (Å²) < 4.78 is 17.2. The van der Waals surface area contributed by atoms with E-state index in [0.29, 0.717) is 46.9 Å². The molecule has 5 rings (SSSR count). The molecule has 0 saturated heterocycles. The highest BCUT2D eigenvalue weighted by Crippen LogP contribution is 2.42. The Kier molecular flexibility index (Phi) is 5.34. The van der Waals surface area contributed by atoms with Crippen LogP contribution >= 0.6 is 0 Å². The number of fused-ring (bicyclic) bond motifs is 2. The molecule has 2 heterocycles. The van der Waals surface area contributed by atoms with Gasteiger partial charge >= 0.3 is 0 Å². The zero-order chi connectivity index (χ0) is 22.9. The SMILES string of the molecule is CCOc1ccc(N2C(=O)c3oc4ccccc4c(=O)c3C2c2cccc(OCC)c2)cc1. The summed E-state index contributed by atoms with van der Waals surface area (Å²) in [5.74, 6) is 1.09. The monoisotopic (exact) mass is 441 g/mol. The summed E-state index contributed by atoms with van der Waals surface area (Å²) in [5, 5.41) is 0.448. The predicted molar refractivity (Wildman–Crippen MR) is 126 cm³/mol. The Hall–Kier alpha value is -4.06. The minimum Gasteiger partial charge on any atom is -0.494 e. The molecule has 166 valence electrons. The van der Waals surface area contributed by atoms with Crippen LogP contribution in [0.25, 0.3) is 11.0 Å². The summed E-state index contributed by atoms with van der Waals surface area (Å²) in [7, 11) is 0. The van der Waals surface area contributed by atoms with E-state index in [0.717, 1.165) is 5.56 Å². The van der Waals surface area contributed by atoms with Crippen LogP contribution in [0.3, 0.4) is 0 Å². The minimum absolute atomic E-state index is 0.0689. The first-order valence-electron chi connectivity index (χ1n) is 11.0. The Morgan fingerprint density at radius 1 is 0.848 bits per heavy atom. The van der Waals surface area contributed by atoms with E-state index in [1.165, 1.54) is 0 Å². The number of amides is 1. The maximum absolute atomic E-state index is 13.6. The topological polar surface area (TPSA) is 69.0 Å². The van der Waals surface area contributed by atoms with Gasteiger partial charge in [-0.1, -0.05) is 24.3 Å². The fourth-order valence-corrected chi connectivity index (χ4v) is 4.31. The van der Waals surface area contributed by atoms with Crippen molar-refractivity contribution in [1.29, 1.82) is 0 Å². The maximum atomic E-state index is 13.6. The highest BCUT2D eigenvalue weighted by atomic mass is 16.5. The van der Waals surface area contributed by atoms with Crippen molar-refractivity contribution < 1.29 is 18.7 Å². The molecular weight excluding hydrogens is 418 g/mol. The van der Waals surface area contributed by atoms with Gasteiger partial charge in [-0.25, -0.2) is 0 Å². The van der Waals surface area contributed by atoms with E-state index in [1.54, 1.807) is 29.2 Å². The zero-order valence-electron chi connectivity index (χ0n) is 18.4. The summed E-state index contributed by atoms with van der Waals surface area (Å²) >= 11 is 0. The molecule has 0 N–H and O–H groups in total. The third-order valence-electron chi connectivity index (χ3n) is 5.69. The third kappa shape index (κ3) is 3.53. The number of carbonyl (C=O) groups excluding carboxylic acids is 1. The quantitative estimate of drug-likeness (QED) is 0.404. The first-order valence-corrected chi connectivity index (χ1v) is 11.0. The van der Waals surface area contributed by atoms with Crippen LogP contribution in [0.5, 0.6) is 11.5 Å². The number of ether oxygens (including phenoxy) is 2. The average Bonchev–Trinajstić information content (AvgIpc) is 3.13. The fourth-order valence-electron chi connectivity index (χ4n) is 4.31. The molecule has 1 aliphatic rings. The lowest BCUT2D eigenvalue weighted by Crippen LogP contribution is -2.29. The molecule has 0 bridgehead atoms. The smallest absolute Gasteiger partial charge is 0.295 e. The summed E-state index contributed by atoms with van der Waals surface area (Å²) in [6, 6.07) is 21.1. The van der Waals surface area contributed by atoms with Crippen molar-refractivity contribution in [2.24, 2.45) is 0 Å². The predicted octanol–water partition coefficient (Wildman–Crippen LogP) is 5.34. The van der Waals surface area contributed by atoms with Crippen molar-refractivity contribution in [2.75, 3.05) is 18.1 Å². The number of benzene rings is 3. The van der Waals surface area contributed by atoms with E-state index in [2.05, 4.69) is 0 Å². The Morgan fingerprint density at radius 2 is 1.58 bits per heavy atom. The van der Waals surface area contributed by atoms with Crippen LogP contribution in [-0.2, 0) is 0 Å². The first-order chi connectivity index (χ1) is 16.1. The molecule has 0 saturated carbocycles. The molecule has 3 aromatic carbocycles. The van der Waals surface area contributed by atoms with Crippen LogP contribution in [0.4, 0.5) is 5.69 Å². The second-order valence-corrected chi connectivity index (χ2v) is 7.68. The highest BCUT2D eigenvalue weighted by Gasteiger charge is 2.43. The molecular formula is C27H23NO5. The number of rotatable bonds is 6. The summed E-state index contributed by atoms with van der Waals surface area (Å²) in [5.41, 5.74) is 1.93. The summed E-state index contributed by atoms with van der Waals surface area (Å²) in [4.78, 5) is 28.8. The Labute approximate surface area is 191 Å². The average molecular weight is 441 g/mol. The molecule has 1 amide bonds. The molecule has 1 aromatic heterocycles. The van der Waals surface area contributed by atoms with Crippen molar-refractivity contribution in [3.63, 3.8) is 0 Å². The van der Waals surface area contributed by atoms with Crippen LogP contribution < -0.4 is 19.8 Å². The summed E-state index contributed by atoms with van der Waals surface area (Å²) in [6.45, 7) is 4.89. The number of para-hydroxylation sites is 1. The minimum atomic E-state index is -0.647. The third-order valence-corrected chi connectivity index (χ3v) is 5.69. The molecule has 0 radical (unpaired) electrons. The van der Waals surface area contributed by atoms with Gasteiger partial charge in [0.25, 0.3) is 5.91 Å². The largest absolute Gasteiger partial charge is 0.494 e. The van der Waals surface area contributed by atoms with Gasteiger partial charge in [0, 0.05) is 5.69 Å². The highest BCUT2D eigenvalue weighted by molar-refractivity contribution is 6.10. The van der Waals surface area contributed by atoms with Crippen molar-refractivity contribution >= 4 is 22.6 Å². The number of hydrogen-bond donors (Lipinski definition) is 0. The van der Waals surface area contributed by atoms with Gasteiger partial charge in [-0.15, -0.1) is 0 Å². The normalized spacial score (nSPS) is 15.0. The summed E-state index contributed by atoms with van der Waals surface area (Å²) in [6.07, 6.45) is 0. The van der Waals surface area contributed by atoms with Gasteiger partial charge in [-0.3, -0.25) is 14.5 Å². The lowest BCUT2D eigenvalue weighted by Gasteiger charge is -2.25. The van der Waals surface area contributed by atoms with Crippen LogP contribution in [0.2, 0.25) is 0 Å². The van der Waals surface area contributed by atoms with Gasteiger partial charge in [0.15, 0.2) is 5.43 Å². The van der Waals surface area contributed by atoms with Crippen LogP contribution in [0, 0.1) is 0 Å². The van der Waals surface area contributed by atoms with Crippen molar-refractivity contribution in [3.05, 3.63) is 99.9 Å². The van der Waals surface area contributed by atoms with Crippen molar-refractivity contribution in [1.82, 2.24) is 0 Å². The molecule has 1 atom stereocenters. The van der Waals surface area contributed by atoms with E-state index in [-0.39, 0.29) is 17.1 Å². The molecule has 33 heavy (non-hydrogen) atoms. The van der Waals surface area contributed by atoms with E-state index in [1.807, 2.05) is 62.4 Å². The van der Waals surface area contributed by atoms with E-state index < -0.39 is 6.04 Å². The lowest BCUT2D eigenvalue weighted by atomic mass is 9.98. The van der Waals surface area contributed by atoms with E-state index in [9.17, 15) is 9.59 Å². The van der Waals surface area contributed by atoms with Crippen LogP contribution in [0.1, 0.15) is 41.6 Å². The Morgan fingerprint density at radius 3 is 2.33 bits per heavy atom. The van der Waals surface area contributed by atoms with Crippen molar-refractivity contribution in [2.45, 2.75) is 19.9 Å². The first kappa shape index (κ1) is 20.8. The van der Waals surface area contributed by atoms with E-state index in [4.69, 9.17) is 13.9 Å². The number of carbonyl (C=O) groups is 1. The molecule has 0 fully saturated rings. The standard InChI is InChI=1S/C27H23NO5/c1-3-31-19-14-12-18(13-15-19)28-24(17-8-7-9-20(16-17)32-4-2)23-25(29)21-10-5-6-11-22(21)33-26(23)27(28)30/h5-16,24H,3-4H2,1-2H3. The molecule has 1 unspecified atom stereocenters. The molecule has 0 aliphatic carbocycles. The molecule has 6 heteroatoms. The van der Waals surface area contributed by atoms with Crippen LogP contribution in [0.15, 0.2) is 82.0 Å². The van der Waals surface area contributed by atoms with Gasteiger partial charge in [0.1, 0.15) is 17.1 Å². The molecule has 0 spiro atoms. The second kappa shape index (κ2) is 8.47. The molecule has 6 nitrogen and oxygen atoms in total. The van der Waals surface area contributed by atoms with Crippen LogP contribution in [-0.4, -0.2) is 19.1 Å². The Bertz CT molecular complexity index is 1390. The van der Waals surface area contributed by atoms with Gasteiger partial charge in [0.05, 0.1) is 30.2 Å². The van der Waals surface area contributed by atoms with Gasteiger partial charge in [-0.2, -0.15) is 0 Å². The molecule has 4 aromatic rings. The van der Waals surface area contributed by atoms with Gasteiger partial charge in [-0.05, 0) is 67.9 Å². The zero-order valence-corrected chi connectivity index (χ0v) is 18.4. The molecule has 1 aliphatic heterocycles. The lowest BCUT2D eigenvalue weighted by molar-refractivity contribution is 0.0971. The number of anilines is 1.